The lowest BCUT2D eigenvalue weighted by Gasteiger charge is -2.04. The summed E-state index contributed by atoms with van der Waals surface area (Å²) in [5.74, 6) is -0.430. The number of nitrogens with one attached hydrogen (secondary N) is 2. The van der Waals surface area contributed by atoms with Crippen molar-refractivity contribution in [1.82, 2.24) is 9.90 Å². The summed E-state index contributed by atoms with van der Waals surface area (Å²) in [7, 11) is 0. The molecule has 6 heteroatoms. The highest BCUT2D eigenvalue weighted by Crippen LogP contribution is 2.10. The average molecular weight is 428 g/mol. The highest BCUT2D eigenvalue weighted by molar-refractivity contribution is 6.01. The van der Waals surface area contributed by atoms with Crippen LogP contribution in [0, 0.1) is 13.8 Å². The van der Waals surface area contributed by atoms with E-state index >= 15 is 0 Å². The Bertz CT molecular complexity index is 1250. The van der Waals surface area contributed by atoms with E-state index in [-0.39, 0.29) is 11.3 Å². The standard InChI is InChI=1S/C26H26N4O2/c1-19-10-14-22(15-11-19)27-25(31)24-26(32)30(23-16-12-20(2)13-17-23)28-29(24)18-6-9-21-7-4-3-5-8-21/h3-5,7-8,10-17H,6,9,18H2,1-2H3,(H-,27,28,31,32)/p+1. The van der Waals surface area contributed by atoms with E-state index in [1.807, 2.05) is 80.6 Å². The number of benzene rings is 3. The molecule has 32 heavy (non-hydrogen) atoms. The molecule has 4 rings (SSSR count). The van der Waals surface area contributed by atoms with Crippen LogP contribution < -0.4 is 15.6 Å². The summed E-state index contributed by atoms with van der Waals surface area (Å²) in [5, 5.41) is 5.96. The predicted molar refractivity (Wildman–Crippen MR) is 125 cm³/mol. The smallest absolute Gasteiger partial charge is 0.319 e. The lowest BCUT2D eigenvalue weighted by molar-refractivity contribution is -0.756. The van der Waals surface area contributed by atoms with Gasteiger partial charge in [0.25, 0.3) is 0 Å². The van der Waals surface area contributed by atoms with E-state index in [9.17, 15) is 9.59 Å². The van der Waals surface area contributed by atoms with E-state index in [2.05, 4.69) is 22.7 Å². The van der Waals surface area contributed by atoms with Gasteiger partial charge in [0.15, 0.2) is 5.69 Å². The average Bonchev–Trinajstić information content (AvgIpc) is 3.12. The first-order chi connectivity index (χ1) is 15.5. The number of aromatic nitrogens is 3. The van der Waals surface area contributed by atoms with E-state index in [0.717, 1.165) is 24.0 Å². The van der Waals surface area contributed by atoms with Crippen molar-refractivity contribution in [1.29, 1.82) is 0 Å². The third-order valence-corrected chi connectivity index (χ3v) is 5.40. The van der Waals surface area contributed by atoms with Gasteiger partial charge in [-0.15, -0.1) is 4.68 Å². The molecule has 0 spiro atoms. The van der Waals surface area contributed by atoms with Gasteiger partial charge in [-0.2, -0.15) is 0 Å². The van der Waals surface area contributed by atoms with Crippen LogP contribution in [0.4, 0.5) is 5.69 Å². The van der Waals surface area contributed by atoms with Crippen LogP contribution in [0.25, 0.3) is 5.69 Å². The molecular formula is C26H27N4O2+. The lowest BCUT2D eigenvalue weighted by atomic mass is 10.1. The second-order valence-corrected chi connectivity index (χ2v) is 7.99. The molecule has 162 valence electrons. The Hall–Kier alpha value is -3.93. The second-order valence-electron chi connectivity index (χ2n) is 7.99. The topological polar surface area (TPSA) is 70.8 Å². The van der Waals surface area contributed by atoms with E-state index < -0.39 is 5.91 Å². The van der Waals surface area contributed by atoms with Crippen LogP contribution in [0.3, 0.4) is 0 Å². The molecular weight excluding hydrogens is 400 g/mol. The van der Waals surface area contributed by atoms with Crippen molar-refractivity contribution in [2.24, 2.45) is 0 Å². The van der Waals surface area contributed by atoms with Crippen molar-refractivity contribution in [2.45, 2.75) is 33.2 Å². The molecule has 0 saturated carbocycles. The summed E-state index contributed by atoms with van der Waals surface area (Å²) in [5.41, 5.74) is 4.46. The van der Waals surface area contributed by atoms with Crippen molar-refractivity contribution in [3.05, 3.63) is 112 Å². The number of aromatic amines is 1. The van der Waals surface area contributed by atoms with Gasteiger partial charge in [-0.1, -0.05) is 75.6 Å². The number of hydrogen-bond donors (Lipinski definition) is 2. The molecule has 1 aromatic heterocycles. The van der Waals surface area contributed by atoms with E-state index in [0.29, 0.717) is 17.9 Å². The third kappa shape index (κ3) is 4.86. The van der Waals surface area contributed by atoms with E-state index in [4.69, 9.17) is 0 Å². The van der Waals surface area contributed by atoms with Gasteiger partial charge in [0.2, 0.25) is 0 Å². The van der Waals surface area contributed by atoms with E-state index in [1.165, 1.54) is 10.2 Å². The Labute approximate surface area is 187 Å². The molecule has 0 aliphatic rings. The first-order valence-electron chi connectivity index (χ1n) is 10.7. The van der Waals surface area contributed by atoms with Gasteiger partial charge in [-0.25, -0.2) is 4.79 Å². The molecule has 0 aliphatic heterocycles. The van der Waals surface area contributed by atoms with Crippen LogP contribution in [-0.2, 0) is 13.0 Å². The quantitative estimate of drug-likeness (QED) is 0.439. The van der Waals surface area contributed by atoms with Gasteiger partial charge >= 0.3 is 17.2 Å². The lowest BCUT2D eigenvalue weighted by Crippen LogP contribution is -2.45. The maximum Gasteiger partial charge on any atom is 0.411 e. The first-order valence-corrected chi connectivity index (χ1v) is 10.7. The molecule has 1 amide bonds. The molecule has 0 unspecified atom stereocenters. The van der Waals surface area contributed by atoms with Crippen molar-refractivity contribution < 1.29 is 9.48 Å². The second kappa shape index (κ2) is 9.47. The van der Waals surface area contributed by atoms with Gasteiger partial charge in [0.1, 0.15) is 6.54 Å². The summed E-state index contributed by atoms with van der Waals surface area (Å²) < 4.78 is 3.07. The zero-order chi connectivity index (χ0) is 22.5. The molecule has 0 radical (unpaired) electrons. The number of H-pyrrole nitrogens is 1. The Morgan fingerprint density at radius 2 is 1.53 bits per heavy atom. The minimum absolute atomic E-state index is 0.0826. The normalized spacial score (nSPS) is 10.8. The number of hydrogen-bond acceptors (Lipinski definition) is 2. The SMILES string of the molecule is Cc1ccc(NC(=O)c2c(=O)n(-c3ccc(C)cc3)[nH][n+]2CCCc2ccccc2)cc1. The van der Waals surface area contributed by atoms with Crippen LogP contribution in [0.2, 0.25) is 0 Å². The molecule has 0 saturated heterocycles. The van der Waals surface area contributed by atoms with Crippen molar-refractivity contribution in [2.75, 3.05) is 5.32 Å². The number of anilines is 1. The third-order valence-electron chi connectivity index (χ3n) is 5.40. The van der Waals surface area contributed by atoms with Gasteiger partial charge in [0.05, 0.1) is 0 Å². The molecule has 1 heterocycles. The molecule has 6 nitrogen and oxygen atoms in total. The zero-order valence-electron chi connectivity index (χ0n) is 18.3. The molecule has 0 fully saturated rings. The predicted octanol–water partition coefficient (Wildman–Crippen LogP) is 3.96. The molecule has 3 aromatic carbocycles. The van der Waals surface area contributed by atoms with Gasteiger partial charge in [-0.3, -0.25) is 4.79 Å². The maximum absolute atomic E-state index is 13.2. The summed E-state index contributed by atoms with van der Waals surface area (Å²) in [6.07, 6.45) is 1.64. The first kappa shape index (κ1) is 21.3. The van der Waals surface area contributed by atoms with Crippen LogP contribution in [0.15, 0.2) is 83.7 Å². The van der Waals surface area contributed by atoms with Crippen molar-refractivity contribution in [3.63, 3.8) is 0 Å². The fourth-order valence-electron chi connectivity index (χ4n) is 3.60. The van der Waals surface area contributed by atoms with Crippen LogP contribution in [0.5, 0.6) is 0 Å². The monoisotopic (exact) mass is 427 g/mol. The largest absolute Gasteiger partial charge is 0.411 e. The summed E-state index contributed by atoms with van der Waals surface area (Å²) in [6.45, 7) is 4.49. The summed E-state index contributed by atoms with van der Waals surface area (Å²) in [6, 6.07) is 25.3. The number of amides is 1. The molecule has 4 aromatic rings. The minimum Gasteiger partial charge on any atom is -0.319 e. The molecule has 2 N–H and O–H groups in total. The fraction of sp³-hybridized carbons (Fsp3) is 0.192. The van der Waals surface area contributed by atoms with Crippen LogP contribution in [-0.4, -0.2) is 15.8 Å². The Kier molecular flexibility index (Phi) is 6.31. The summed E-state index contributed by atoms with van der Waals surface area (Å²) in [4.78, 5) is 26.4. The van der Waals surface area contributed by atoms with Gasteiger partial charge < -0.3 is 5.32 Å². The van der Waals surface area contributed by atoms with Crippen LogP contribution in [0.1, 0.15) is 33.6 Å². The van der Waals surface area contributed by atoms with Gasteiger partial charge in [0, 0.05) is 5.69 Å². The van der Waals surface area contributed by atoms with Gasteiger partial charge in [-0.05, 0) is 56.5 Å². The van der Waals surface area contributed by atoms with Crippen molar-refractivity contribution in [3.8, 4) is 5.69 Å². The number of aryl methyl sites for hydroxylation is 4. The fourth-order valence-corrected chi connectivity index (χ4v) is 3.60. The number of carbonyl (C=O) groups is 1. The number of nitrogens with zero attached hydrogens (tertiary/aromatic N) is 2. The van der Waals surface area contributed by atoms with Crippen LogP contribution >= 0.6 is 0 Å². The Morgan fingerprint density at radius 3 is 2.19 bits per heavy atom. The van der Waals surface area contributed by atoms with E-state index in [1.54, 1.807) is 4.68 Å². The molecule has 0 atom stereocenters. The minimum atomic E-state index is -0.430. The maximum atomic E-state index is 13.2. The highest BCUT2D eigenvalue weighted by Gasteiger charge is 2.29. The number of carbonyl (C=O) groups excluding carboxylic acids is 1. The zero-order valence-corrected chi connectivity index (χ0v) is 18.3. The Morgan fingerprint density at radius 1 is 0.906 bits per heavy atom. The highest BCUT2D eigenvalue weighted by atomic mass is 16.2. The Balaban J connectivity index is 1.63. The number of rotatable bonds is 7. The molecule has 0 aliphatic carbocycles. The van der Waals surface area contributed by atoms with Crippen molar-refractivity contribution >= 4 is 11.6 Å². The summed E-state index contributed by atoms with van der Waals surface area (Å²) >= 11 is 0. The molecule has 0 bridgehead atoms.